The van der Waals surface area contributed by atoms with Gasteiger partial charge in [-0.05, 0) is 31.1 Å². The Kier molecular flexibility index (Phi) is 2.77. The molecule has 1 heterocycles. The molecule has 0 aromatic heterocycles. The predicted molar refractivity (Wildman–Crippen MR) is 55.7 cm³/mol. The van der Waals surface area contributed by atoms with E-state index >= 15 is 0 Å². The lowest BCUT2D eigenvalue weighted by atomic mass is 10.1. The summed E-state index contributed by atoms with van der Waals surface area (Å²) in [5.41, 5.74) is 0. The molecule has 14 heavy (non-hydrogen) atoms. The summed E-state index contributed by atoms with van der Waals surface area (Å²) in [6.07, 6.45) is 4.03. The summed E-state index contributed by atoms with van der Waals surface area (Å²) in [4.78, 5) is 13.6. The molecule has 1 unspecified atom stereocenters. The van der Waals surface area contributed by atoms with Crippen molar-refractivity contribution >= 4 is 5.91 Å². The first-order chi connectivity index (χ1) is 6.66. The summed E-state index contributed by atoms with van der Waals surface area (Å²) in [7, 11) is 0. The molecule has 0 aromatic carbocycles. The Balaban J connectivity index is 1.90. The van der Waals surface area contributed by atoms with Crippen molar-refractivity contribution in [2.45, 2.75) is 39.3 Å². The Morgan fingerprint density at radius 2 is 2.21 bits per heavy atom. The zero-order chi connectivity index (χ0) is 10.1. The quantitative estimate of drug-likeness (QED) is 0.732. The molecule has 3 nitrogen and oxygen atoms in total. The molecule has 1 N–H and O–H groups in total. The van der Waals surface area contributed by atoms with Gasteiger partial charge >= 0.3 is 0 Å². The molecule has 1 saturated heterocycles. The number of amides is 1. The maximum absolute atomic E-state index is 11.6. The topological polar surface area (TPSA) is 32.3 Å². The molecule has 2 fully saturated rings. The summed E-state index contributed by atoms with van der Waals surface area (Å²) >= 11 is 0. The summed E-state index contributed by atoms with van der Waals surface area (Å²) < 4.78 is 0. The van der Waals surface area contributed by atoms with Crippen LogP contribution in [-0.4, -0.2) is 30.1 Å². The van der Waals surface area contributed by atoms with Gasteiger partial charge in [0.2, 0.25) is 5.91 Å². The second-order valence-corrected chi connectivity index (χ2v) is 5.02. The number of hydrogen-bond donors (Lipinski definition) is 1. The highest BCUT2D eigenvalue weighted by Crippen LogP contribution is 2.31. The van der Waals surface area contributed by atoms with Crippen LogP contribution < -0.4 is 5.32 Å². The summed E-state index contributed by atoms with van der Waals surface area (Å²) in [5.74, 6) is 1.75. The van der Waals surface area contributed by atoms with Crippen LogP contribution in [0.3, 0.4) is 0 Å². The van der Waals surface area contributed by atoms with E-state index < -0.39 is 0 Å². The largest absolute Gasteiger partial charge is 0.326 e. The molecule has 2 aliphatic rings. The molecule has 80 valence electrons. The van der Waals surface area contributed by atoms with E-state index in [1.807, 2.05) is 0 Å². The van der Waals surface area contributed by atoms with Crippen molar-refractivity contribution in [3.8, 4) is 0 Å². The molecule has 2 rings (SSSR count). The van der Waals surface area contributed by atoms with Gasteiger partial charge in [-0.1, -0.05) is 13.8 Å². The number of nitrogens with one attached hydrogen (secondary N) is 1. The minimum Gasteiger partial charge on any atom is -0.326 e. The molecule has 0 radical (unpaired) electrons. The van der Waals surface area contributed by atoms with E-state index in [1.165, 1.54) is 12.8 Å². The molecule has 1 amide bonds. The zero-order valence-electron chi connectivity index (χ0n) is 9.12. The number of carbonyl (C=O) groups is 1. The second kappa shape index (κ2) is 3.89. The first kappa shape index (κ1) is 9.97. The molecule has 1 saturated carbocycles. The van der Waals surface area contributed by atoms with Gasteiger partial charge in [0.15, 0.2) is 0 Å². The zero-order valence-corrected chi connectivity index (χ0v) is 9.12. The van der Waals surface area contributed by atoms with Gasteiger partial charge in [-0.25, -0.2) is 0 Å². The lowest BCUT2D eigenvalue weighted by molar-refractivity contribution is -0.128. The van der Waals surface area contributed by atoms with Crippen LogP contribution in [0.4, 0.5) is 0 Å². The SMILES string of the molecule is CC(C)CC1NCC(=O)N1CC1CC1. The van der Waals surface area contributed by atoms with E-state index in [-0.39, 0.29) is 0 Å². The van der Waals surface area contributed by atoms with Crippen molar-refractivity contribution in [3.05, 3.63) is 0 Å². The number of carbonyl (C=O) groups excluding carboxylic acids is 1. The van der Waals surface area contributed by atoms with Crippen LogP contribution in [0.2, 0.25) is 0 Å². The molecular weight excluding hydrogens is 176 g/mol. The molecular formula is C11H20N2O. The third-order valence-corrected chi connectivity index (χ3v) is 3.03. The highest BCUT2D eigenvalue weighted by molar-refractivity contribution is 5.80. The number of hydrogen-bond acceptors (Lipinski definition) is 2. The molecule has 0 spiro atoms. The number of rotatable bonds is 4. The minimum atomic E-state index is 0.294. The Bertz CT molecular complexity index is 223. The van der Waals surface area contributed by atoms with Crippen molar-refractivity contribution in [1.82, 2.24) is 10.2 Å². The fraction of sp³-hybridized carbons (Fsp3) is 0.909. The van der Waals surface area contributed by atoms with Crippen molar-refractivity contribution in [1.29, 1.82) is 0 Å². The van der Waals surface area contributed by atoms with Crippen LogP contribution in [0.5, 0.6) is 0 Å². The van der Waals surface area contributed by atoms with Gasteiger partial charge in [0.05, 0.1) is 12.7 Å². The minimum absolute atomic E-state index is 0.294. The maximum atomic E-state index is 11.6. The van der Waals surface area contributed by atoms with Crippen LogP contribution in [0.1, 0.15) is 33.1 Å². The highest BCUT2D eigenvalue weighted by Gasteiger charge is 2.34. The third-order valence-electron chi connectivity index (χ3n) is 3.03. The molecule has 3 heteroatoms. The Hall–Kier alpha value is -0.570. The van der Waals surface area contributed by atoms with Gasteiger partial charge in [0.25, 0.3) is 0 Å². The van der Waals surface area contributed by atoms with E-state index in [2.05, 4.69) is 24.1 Å². The van der Waals surface area contributed by atoms with Crippen LogP contribution >= 0.6 is 0 Å². The van der Waals surface area contributed by atoms with Gasteiger partial charge < -0.3 is 4.90 Å². The first-order valence-corrected chi connectivity index (χ1v) is 5.69. The average Bonchev–Trinajstić information content (AvgIpc) is 2.85. The predicted octanol–water partition coefficient (Wildman–Crippen LogP) is 1.20. The fourth-order valence-corrected chi connectivity index (χ4v) is 2.06. The van der Waals surface area contributed by atoms with Crippen molar-refractivity contribution < 1.29 is 4.79 Å². The van der Waals surface area contributed by atoms with E-state index in [0.29, 0.717) is 24.5 Å². The van der Waals surface area contributed by atoms with Crippen molar-refractivity contribution in [2.75, 3.05) is 13.1 Å². The fourth-order valence-electron chi connectivity index (χ4n) is 2.06. The number of nitrogens with zero attached hydrogens (tertiary/aromatic N) is 1. The second-order valence-electron chi connectivity index (χ2n) is 5.02. The molecule has 0 aromatic rings. The summed E-state index contributed by atoms with van der Waals surface area (Å²) in [6, 6.07) is 0. The Morgan fingerprint density at radius 1 is 1.50 bits per heavy atom. The van der Waals surface area contributed by atoms with Crippen LogP contribution in [0, 0.1) is 11.8 Å². The molecule has 0 bridgehead atoms. The standard InChI is InChI=1S/C11H20N2O/c1-8(2)5-10-12-6-11(14)13(10)7-9-3-4-9/h8-10,12H,3-7H2,1-2H3. The lowest BCUT2D eigenvalue weighted by Crippen LogP contribution is -2.39. The van der Waals surface area contributed by atoms with E-state index in [4.69, 9.17) is 0 Å². The van der Waals surface area contributed by atoms with Crippen LogP contribution in [0.15, 0.2) is 0 Å². The molecule has 1 atom stereocenters. The smallest absolute Gasteiger partial charge is 0.237 e. The van der Waals surface area contributed by atoms with E-state index in [0.717, 1.165) is 18.9 Å². The van der Waals surface area contributed by atoms with Gasteiger partial charge in [0.1, 0.15) is 0 Å². The summed E-state index contributed by atoms with van der Waals surface area (Å²) in [5, 5.41) is 3.30. The Labute approximate surface area is 85.8 Å². The Morgan fingerprint density at radius 3 is 2.79 bits per heavy atom. The highest BCUT2D eigenvalue weighted by atomic mass is 16.2. The van der Waals surface area contributed by atoms with Crippen molar-refractivity contribution in [2.24, 2.45) is 11.8 Å². The van der Waals surface area contributed by atoms with Crippen LogP contribution in [0.25, 0.3) is 0 Å². The first-order valence-electron chi connectivity index (χ1n) is 5.69. The lowest BCUT2D eigenvalue weighted by Gasteiger charge is -2.25. The van der Waals surface area contributed by atoms with Crippen LogP contribution in [-0.2, 0) is 4.79 Å². The monoisotopic (exact) mass is 196 g/mol. The van der Waals surface area contributed by atoms with Gasteiger partial charge in [-0.3, -0.25) is 10.1 Å². The maximum Gasteiger partial charge on any atom is 0.237 e. The molecule has 1 aliphatic heterocycles. The third kappa shape index (κ3) is 2.27. The van der Waals surface area contributed by atoms with Gasteiger partial charge in [-0.2, -0.15) is 0 Å². The van der Waals surface area contributed by atoms with E-state index in [9.17, 15) is 4.79 Å². The van der Waals surface area contributed by atoms with Crippen molar-refractivity contribution in [3.63, 3.8) is 0 Å². The van der Waals surface area contributed by atoms with Gasteiger partial charge in [0, 0.05) is 6.54 Å². The normalized spacial score (nSPS) is 27.8. The van der Waals surface area contributed by atoms with E-state index in [1.54, 1.807) is 0 Å². The summed E-state index contributed by atoms with van der Waals surface area (Å²) in [6.45, 7) is 5.95. The average molecular weight is 196 g/mol. The molecule has 1 aliphatic carbocycles. The van der Waals surface area contributed by atoms with Gasteiger partial charge in [-0.15, -0.1) is 0 Å².